The summed E-state index contributed by atoms with van der Waals surface area (Å²) in [4.78, 5) is 11.2. The van der Waals surface area contributed by atoms with Gasteiger partial charge in [-0.3, -0.25) is 4.68 Å². The van der Waals surface area contributed by atoms with E-state index in [2.05, 4.69) is 17.2 Å². The van der Waals surface area contributed by atoms with Crippen LogP contribution in [-0.2, 0) is 25.8 Å². The Morgan fingerprint density at radius 1 is 1.26 bits per heavy atom. The molecule has 19 heavy (non-hydrogen) atoms. The van der Waals surface area contributed by atoms with Gasteiger partial charge in [0.15, 0.2) is 5.69 Å². The molecule has 0 spiro atoms. The zero-order chi connectivity index (χ0) is 13.2. The Hall–Kier alpha value is -2.10. The van der Waals surface area contributed by atoms with Gasteiger partial charge >= 0.3 is 5.97 Å². The molecule has 0 fully saturated rings. The highest BCUT2D eigenvalue weighted by atomic mass is 16.4. The first-order valence-electron chi connectivity index (χ1n) is 6.61. The summed E-state index contributed by atoms with van der Waals surface area (Å²) >= 11 is 0. The number of hydrogen-bond acceptors (Lipinski definition) is 2. The lowest BCUT2D eigenvalue weighted by Gasteiger charge is -2.05. The van der Waals surface area contributed by atoms with E-state index in [9.17, 15) is 9.90 Å². The molecule has 0 unspecified atom stereocenters. The molecule has 4 heteroatoms. The minimum absolute atomic E-state index is 0.251. The van der Waals surface area contributed by atoms with E-state index >= 15 is 0 Å². The van der Waals surface area contributed by atoms with Crippen molar-refractivity contribution in [2.75, 3.05) is 0 Å². The zero-order valence-electron chi connectivity index (χ0n) is 10.7. The van der Waals surface area contributed by atoms with Crippen LogP contribution in [-0.4, -0.2) is 20.9 Å². The molecule has 1 aliphatic carbocycles. The van der Waals surface area contributed by atoms with Crippen LogP contribution in [0.25, 0.3) is 0 Å². The summed E-state index contributed by atoms with van der Waals surface area (Å²) in [7, 11) is 0. The minimum Gasteiger partial charge on any atom is -0.476 e. The summed E-state index contributed by atoms with van der Waals surface area (Å²) in [5.74, 6) is -0.906. The number of carbonyl (C=O) groups is 1. The third-order valence-electron chi connectivity index (χ3n) is 3.66. The van der Waals surface area contributed by atoms with Gasteiger partial charge in [-0.1, -0.05) is 30.3 Å². The van der Waals surface area contributed by atoms with Crippen molar-refractivity contribution >= 4 is 5.97 Å². The molecule has 1 N–H and O–H groups in total. The first kappa shape index (κ1) is 12.0. The normalized spacial score (nSPS) is 13.5. The molecule has 4 nitrogen and oxygen atoms in total. The van der Waals surface area contributed by atoms with Crippen LogP contribution >= 0.6 is 0 Å². The molecule has 2 aromatic rings. The number of rotatable bonds is 4. The second-order valence-corrected chi connectivity index (χ2v) is 4.89. The average molecular weight is 256 g/mol. The van der Waals surface area contributed by atoms with Gasteiger partial charge in [-0.2, -0.15) is 5.10 Å². The first-order chi connectivity index (χ1) is 9.25. The zero-order valence-corrected chi connectivity index (χ0v) is 10.7. The van der Waals surface area contributed by atoms with Crippen molar-refractivity contribution in [3.63, 3.8) is 0 Å². The van der Waals surface area contributed by atoms with Crippen molar-refractivity contribution < 1.29 is 9.90 Å². The van der Waals surface area contributed by atoms with E-state index in [4.69, 9.17) is 0 Å². The van der Waals surface area contributed by atoms with Crippen LogP contribution in [0.15, 0.2) is 30.3 Å². The number of nitrogens with zero attached hydrogens (tertiary/aromatic N) is 2. The van der Waals surface area contributed by atoms with Crippen LogP contribution in [0, 0.1) is 0 Å². The molecular formula is C15H16N2O2. The molecule has 0 aliphatic heterocycles. The Morgan fingerprint density at radius 3 is 2.79 bits per heavy atom. The lowest BCUT2D eigenvalue weighted by Crippen LogP contribution is -2.08. The largest absolute Gasteiger partial charge is 0.476 e. The summed E-state index contributed by atoms with van der Waals surface area (Å²) in [5.41, 5.74) is 3.57. The van der Waals surface area contributed by atoms with Crippen molar-refractivity contribution in [1.29, 1.82) is 0 Å². The van der Waals surface area contributed by atoms with Crippen LogP contribution in [0.1, 0.15) is 33.7 Å². The fourth-order valence-corrected chi connectivity index (χ4v) is 2.75. The molecule has 1 aliphatic rings. The predicted molar refractivity (Wildman–Crippen MR) is 71.4 cm³/mol. The van der Waals surface area contributed by atoms with Crippen molar-refractivity contribution in [3.8, 4) is 0 Å². The number of carboxylic acid groups (broad SMARTS) is 1. The average Bonchev–Trinajstić information content (AvgIpc) is 2.99. The number of hydrogen-bond donors (Lipinski definition) is 1. The van der Waals surface area contributed by atoms with Crippen molar-refractivity contribution in [1.82, 2.24) is 9.78 Å². The van der Waals surface area contributed by atoms with E-state index in [0.29, 0.717) is 0 Å². The molecule has 0 saturated heterocycles. The van der Waals surface area contributed by atoms with Gasteiger partial charge in [0.2, 0.25) is 0 Å². The summed E-state index contributed by atoms with van der Waals surface area (Å²) in [6.07, 6.45) is 3.72. The number of benzene rings is 1. The first-order valence-corrected chi connectivity index (χ1v) is 6.61. The summed E-state index contributed by atoms with van der Waals surface area (Å²) < 4.78 is 1.89. The van der Waals surface area contributed by atoms with Crippen LogP contribution in [0.2, 0.25) is 0 Å². The second-order valence-electron chi connectivity index (χ2n) is 4.89. The number of aryl methyl sites for hydroxylation is 2. The quantitative estimate of drug-likeness (QED) is 0.913. The fourth-order valence-electron chi connectivity index (χ4n) is 2.75. The van der Waals surface area contributed by atoms with Gasteiger partial charge in [0.1, 0.15) is 0 Å². The Morgan fingerprint density at radius 2 is 2.05 bits per heavy atom. The Bertz CT molecular complexity index is 602. The van der Waals surface area contributed by atoms with Gasteiger partial charge in [-0.05, 0) is 31.2 Å². The van der Waals surface area contributed by atoms with Crippen LogP contribution < -0.4 is 0 Å². The molecule has 1 aromatic heterocycles. The minimum atomic E-state index is -0.906. The van der Waals surface area contributed by atoms with Gasteiger partial charge in [0, 0.05) is 17.8 Å². The molecule has 0 saturated carbocycles. The lowest BCUT2D eigenvalue weighted by atomic mass is 10.1. The molecule has 0 radical (unpaired) electrons. The summed E-state index contributed by atoms with van der Waals surface area (Å²) in [5, 5.41) is 13.4. The molecule has 98 valence electrons. The molecule has 0 amide bonds. The molecule has 1 heterocycles. The molecule has 0 bridgehead atoms. The third-order valence-corrected chi connectivity index (χ3v) is 3.66. The fraction of sp³-hybridized carbons (Fsp3) is 0.333. The Balaban J connectivity index is 1.82. The second kappa shape index (κ2) is 4.88. The predicted octanol–water partition coefficient (Wildman–Crippen LogP) is 2.31. The molecule has 3 rings (SSSR count). The van der Waals surface area contributed by atoms with Gasteiger partial charge in [-0.25, -0.2) is 4.79 Å². The van der Waals surface area contributed by atoms with Gasteiger partial charge < -0.3 is 5.11 Å². The Kier molecular flexibility index (Phi) is 3.07. The van der Waals surface area contributed by atoms with E-state index < -0.39 is 5.97 Å². The maximum atomic E-state index is 11.2. The van der Waals surface area contributed by atoms with Crippen LogP contribution in [0.4, 0.5) is 0 Å². The summed E-state index contributed by atoms with van der Waals surface area (Å²) in [6.45, 7) is 0.750. The highest BCUT2D eigenvalue weighted by Crippen LogP contribution is 2.25. The van der Waals surface area contributed by atoms with E-state index in [0.717, 1.165) is 43.5 Å². The molecular weight excluding hydrogens is 240 g/mol. The Labute approximate surface area is 111 Å². The monoisotopic (exact) mass is 256 g/mol. The maximum Gasteiger partial charge on any atom is 0.356 e. The van der Waals surface area contributed by atoms with Crippen molar-refractivity contribution in [3.05, 3.63) is 52.8 Å². The topological polar surface area (TPSA) is 55.1 Å². The van der Waals surface area contributed by atoms with Crippen LogP contribution in [0.3, 0.4) is 0 Å². The molecule has 0 atom stereocenters. The van der Waals surface area contributed by atoms with Gasteiger partial charge in [0.05, 0.1) is 0 Å². The van der Waals surface area contributed by atoms with E-state index in [1.807, 2.05) is 22.9 Å². The number of aromatic nitrogens is 2. The molecule has 1 aromatic carbocycles. The van der Waals surface area contributed by atoms with Gasteiger partial charge in [-0.15, -0.1) is 0 Å². The van der Waals surface area contributed by atoms with Crippen molar-refractivity contribution in [2.45, 2.75) is 32.2 Å². The van der Waals surface area contributed by atoms with Crippen LogP contribution in [0.5, 0.6) is 0 Å². The highest BCUT2D eigenvalue weighted by molar-refractivity contribution is 5.87. The van der Waals surface area contributed by atoms with E-state index in [-0.39, 0.29) is 5.69 Å². The number of carboxylic acids is 1. The standard InChI is InChI=1S/C15H16N2O2/c18-15(19)14-12-7-4-8-13(12)17(16-14)10-9-11-5-2-1-3-6-11/h1-3,5-6H,4,7-10H2,(H,18,19). The van der Waals surface area contributed by atoms with E-state index in [1.165, 1.54) is 5.56 Å². The smallest absolute Gasteiger partial charge is 0.356 e. The summed E-state index contributed by atoms with van der Waals surface area (Å²) in [6, 6.07) is 10.2. The highest BCUT2D eigenvalue weighted by Gasteiger charge is 2.25. The number of aromatic carboxylic acids is 1. The SMILES string of the molecule is O=C(O)c1nn(CCc2ccccc2)c2c1CCC2. The third kappa shape index (κ3) is 2.26. The van der Waals surface area contributed by atoms with E-state index in [1.54, 1.807) is 0 Å². The maximum absolute atomic E-state index is 11.2. The van der Waals surface area contributed by atoms with Gasteiger partial charge in [0.25, 0.3) is 0 Å². The van der Waals surface area contributed by atoms with Crippen molar-refractivity contribution in [2.24, 2.45) is 0 Å². The number of fused-ring (bicyclic) bond motifs is 1. The lowest BCUT2D eigenvalue weighted by molar-refractivity contribution is 0.0688.